The lowest BCUT2D eigenvalue weighted by molar-refractivity contribution is 1.18. The van der Waals surface area contributed by atoms with Crippen molar-refractivity contribution in [2.75, 3.05) is 0 Å². The average molecular weight is 628 g/mol. The van der Waals surface area contributed by atoms with Crippen LogP contribution < -0.4 is 0 Å². The molecule has 0 aliphatic rings. The van der Waals surface area contributed by atoms with Crippen molar-refractivity contribution in [3.05, 3.63) is 176 Å². The van der Waals surface area contributed by atoms with Gasteiger partial charge in [-0.3, -0.25) is 0 Å². The van der Waals surface area contributed by atoms with Crippen molar-refractivity contribution in [1.29, 1.82) is 0 Å². The second-order valence-corrected chi connectivity index (χ2v) is 13.6. The lowest BCUT2D eigenvalue weighted by Gasteiger charge is -2.11. The van der Waals surface area contributed by atoms with E-state index in [1.165, 1.54) is 86.1 Å². The molecule has 0 aliphatic heterocycles. The number of benzene rings is 8. The fourth-order valence-corrected chi connectivity index (χ4v) is 8.65. The Bertz CT molecular complexity index is 2800. The molecular weight excluding hydrogens is 599 g/mol. The summed E-state index contributed by atoms with van der Waals surface area (Å²) >= 11 is 1.88. The third-order valence-corrected chi connectivity index (χ3v) is 11.0. The van der Waals surface area contributed by atoms with E-state index in [-0.39, 0.29) is 0 Å². The van der Waals surface area contributed by atoms with Crippen LogP contribution in [0.2, 0.25) is 0 Å². The van der Waals surface area contributed by atoms with Crippen molar-refractivity contribution in [3.8, 4) is 39.1 Å². The van der Waals surface area contributed by atoms with E-state index >= 15 is 0 Å². The fraction of sp³-hybridized carbons (Fsp3) is 0. The minimum absolute atomic E-state index is 1.16. The summed E-state index contributed by atoms with van der Waals surface area (Å²) < 4.78 is 5.10. The Balaban J connectivity index is 1.18. The van der Waals surface area contributed by atoms with E-state index < -0.39 is 0 Å². The van der Waals surface area contributed by atoms with Crippen LogP contribution in [0.3, 0.4) is 0 Å². The molecule has 0 spiro atoms. The predicted octanol–water partition coefficient (Wildman–Crippen LogP) is 13.3. The normalized spacial score (nSPS) is 11.8. The van der Waals surface area contributed by atoms with Crippen LogP contribution in [0.4, 0.5) is 0 Å². The molecule has 1 nitrogen and oxygen atoms in total. The van der Waals surface area contributed by atoms with Crippen molar-refractivity contribution in [3.63, 3.8) is 0 Å². The molecule has 0 amide bonds. The first-order valence-electron chi connectivity index (χ1n) is 16.4. The van der Waals surface area contributed by atoms with Gasteiger partial charge in [-0.25, -0.2) is 0 Å². The SMILES string of the molecule is c1ccc(-c2ccc(-c3ccc4c(c3)c3c5c(ccc3n4-c3ccc(-c4cccc6ccccc46)cc3)sc3ccccc35)cc2)cc1. The van der Waals surface area contributed by atoms with Gasteiger partial charge >= 0.3 is 0 Å². The standard InChI is InChI=1S/C46H29NS/c1-2-9-30(10-3-1)31-17-19-32(20-18-31)35-23-26-41-40(29-35)45-42(27-28-44-46(45)39-14-6-7-16-43(39)48-44)47(41)36-24-21-34(22-25-36)38-15-8-12-33-11-4-5-13-37(33)38/h1-29H. The topological polar surface area (TPSA) is 4.93 Å². The Morgan fingerprint density at radius 2 is 0.979 bits per heavy atom. The molecule has 0 saturated carbocycles. The molecule has 2 aromatic heterocycles. The highest BCUT2D eigenvalue weighted by molar-refractivity contribution is 7.26. The molecule has 8 aromatic carbocycles. The summed E-state index contributed by atoms with van der Waals surface area (Å²) in [6, 6.07) is 64.4. The van der Waals surface area contributed by atoms with Gasteiger partial charge in [-0.15, -0.1) is 11.3 Å². The van der Waals surface area contributed by atoms with Crippen molar-refractivity contribution in [2.24, 2.45) is 0 Å². The summed E-state index contributed by atoms with van der Waals surface area (Å²) in [5.74, 6) is 0. The first-order valence-corrected chi connectivity index (χ1v) is 17.2. The van der Waals surface area contributed by atoms with Crippen LogP contribution in [0.25, 0.3) is 91.8 Å². The lowest BCUT2D eigenvalue weighted by atomic mass is 9.98. The van der Waals surface area contributed by atoms with Crippen LogP contribution in [0.15, 0.2) is 176 Å². The van der Waals surface area contributed by atoms with Gasteiger partial charge in [-0.05, 0) is 86.6 Å². The molecule has 2 heteroatoms. The molecule has 0 N–H and O–H groups in total. The highest BCUT2D eigenvalue weighted by Gasteiger charge is 2.19. The Morgan fingerprint density at radius 3 is 1.81 bits per heavy atom. The van der Waals surface area contributed by atoms with Gasteiger partial charge in [0.25, 0.3) is 0 Å². The second-order valence-electron chi connectivity index (χ2n) is 12.5. The molecule has 0 fully saturated rings. The Hall–Kier alpha value is -5.96. The summed E-state index contributed by atoms with van der Waals surface area (Å²) in [5.41, 5.74) is 11.0. The maximum Gasteiger partial charge on any atom is 0.0548 e. The molecule has 10 rings (SSSR count). The smallest absolute Gasteiger partial charge is 0.0548 e. The zero-order valence-electron chi connectivity index (χ0n) is 26.1. The van der Waals surface area contributed by atoms with Crippen molar-refractivity contribution in [1.82, 2.24) is 4.57 Å². The largest absolute Gasteiger partial charge is 0.309 e. The van der Waals surface area contributed by atoms with E-state index in [1.807, 2.05) is 11.3 Å². The zero-order chi connectivity index (χ0) is 31.6. The first-order chi connectivity index (χ1) is 23.8. The van der Waals surface area contributed by atoms with E-state index in [4.69, 9.17) is 0 Å². The van der Waals surface area contributed by atoms with Gasteiger partial charge in [0.05, 0.1) is 11.0 Å². The van der Waals surface area contributed by atoms with Gasteiger partial charge in [0.15, 0.2) is 0 Å². The molecule has 0 radical (unpaired) electrons. The molecule has 48 heavy (non-hydrogen) atoms. The summed E-state index contributed by atoms with van der Waals surface area (Å²) in [6.45, 7) is 0. The van der Waals surface area contributed by atoms with Crippen LogP contribution in [-0.2, 0) is 0 Å². The van der Waals surface area contributed by atoms with Gasteiger partial charge in [-0.1, -0.05) is 133 Å². The molecule has 0 saturated heterocycles. The maximum absolute atomic E-state index is 2.45. The molecule has 224 valence electrons. The predicted molar refractivity (Wildman–Crippen MR) is 207 cm³/mol. The number of thiophene rings is 1. The Kier molecular flexibility index (Phi) is 6.12. The third kappa shape index (κ3) is 4.24. The third-order valence-electron chi connectivity index (χ3n) is 9.82. The highest BCUT2D eigenvalue weighted by Crippen LogP contribution is 2.44. The van der Waals surface area contributed by atoms with E-state index in [2.05, 4.69) is 180 Å². The Labute approximate surface area is 282 Å². The van der Waals surface area contributed by atoms with Gasteiger partial charge in [0.1, 0.15) is 0 Å². The second kappa shape index (κ2) is 10.8. The number of nitrogens with zero attached hydrogens (tertiary/aromatic N) is 1. The van der Waals surface area contributed by atoms with E-state index in [1.54, 1.807) is 0 Å². The van der Waals surface area contributed by atoms with Gasteiger partial charge in [0, 0.05) is 36.6 Å². The Morgan fingerprint density at radius 1 is 0.354 bits per heavy atom. The first kappa shape index (κ1) is 27.2. The summed E-state index contributed by atoms with van der Waals surface area (Å²) in [4.78, 5) is 0. The van der Waals surface area contributed by atoms with Crippen molar-refractivity contribution in [2.45, 2.75) is 0 Å². The number of hydrogen-bond acceptors (Lipinski definition) is 1. The van der Waals surface area contributed by atoms with Crippen LogP contribution in [-0.4, -0.2) is 4.57 Å². The van der Waals surface area contributed by atoms with Gasteiger partial charge < -0.3 is 4.57 Å². The van der Waals surface area contributed by atoms with Crippen molar-refractivity contribution >= 4 is 64.1 Å². The summed E-state index contributed by atoms with van der Waals surface area (Å²) in [7, 11) is 0. The van der Waals surface area contributed by atoms with Gasteiger partial charge in [0.2, 0.25) is 0 Å². The quantitative estimate of drug-likeness (QED) is 0.183. The number of fused-ring (bicyclic) bond motifs is 8. The number of hydrogen-bond donors (Lipinski definition) is 0. The van der Waals surface area contributed by atoms with Crippen LogP contribution >= 0.6 is 11.3 Å². The average Bonchev–Trinajstić information content (AvgIpc) is 3.70. The molecule has 0 unspecified atom stereocenters. The lowest BCUT2D eigenvalue weighted by Crippen LogP contribution is -1.94. The molecule has 2 heterocycles. The number of rotatable bonds is 4. The molecule has 0 aliphatic carbocycles. The van der Waals surface area contributed by atoms with E-state index in [0.29, 0.717) is 0 Å². The van der Waals surface area contributed by atoms with E-state index in [0.717, 1.165) is 5.69 Å². The molecule has 0 bridgehead atoms. The van der Waals surface area contributed by atoms with Crippen molar-refractivity contribution < 1.29 is 0 Å². The monoisotopic (exact) mass is 627 g/mol. The van der Waals surface area contributed by atoms with E-state index in [9.17, 15) is 0 Å². The summed E-state index contributed by atoms with van der Waals surface area (Å²) in [6.07, 6.45) is 0. The highest BCUT2D eigenvalue weighted by atomic mass is 32.1. The number of aromatic nitrogens is 1. The molecular formula is C46H29NS. The molecule has 10 aromatic rings. The van der Waals surface area contributed by atoms with Crippen LogP contribution in [0, 0.1) is 0 Å². The maximum atomic E-state index is 2.45. The van der Waals surface area contributed by atoms with Crippen LogP contribution in [0.1, 0.15) is 0 Å². The zero-order valence-corrected chi connectivity index (χ0v) is 26.9. The van der Waals surface area contributed by atoms with Crippen LogP contribution in [0.5, 0.6) is 0 Å². The minimum Gasteiger partial charge on any atom is -0.309 e. The molecule has 0 atom stereocenters. The fourth-order valence-electron chi connectivity index (χ4n) is 7.54. The minimum atomic E-state index is 1.16. The van der Waals surface area contributed by atoms with Gasteiger partial charge in [-0.2, -0.15) is 0 Å². The summed E-state index contributed by atoms with van der Waals surface area (Å²) in [5, 5.41) is 7.81.